The third-order valence-corrected chi connectivity index (χ3v) is 3.97. The highest BCUT2D eigenvalue weighted by atomic mass is 15.3. The number of piperidine rings is 1. The maximum Gasteiger partial charge on any atom is 0.225 e. The SMILES string of the molecule is c1cnc(N2CCN(C3CCNCC3)CC2)nc1. The molecule has 3 rings (SSSR count). The maximum atomic E-state index is 4.33. The van der Waals surface area contributed by atoms with Gasteiger partial charge in [-0.25, -0.2) is 9.97 Å². The number of piperazine rings is 1. The van der Waals surface area contributed by atoms with Crippen LogP contribution < -0.4 is 10.2 Å². The van der Waals surface area contributed by atoms with Gasteiger partial charge in [0.2, 0.25) is 5.95 Å². The molecule has 0 radical (unpaired) electrons. The van der Waals surface area contributed by atoms with Crippen LogP contribution in [0.1, 0.15) is 12.8 Å². The monoisotopic (exact) mass is 247 g/mol. The van der Waals surface area contributed by atoms with Crippen molar-refractivity contribution in [1.29, 1.82) is 0 Å². The van der Waals surface area contributed by atoms with Gasteiger partial charge in [-0.1, -0.05) is 0 Å². The van der Waals surface area contributed by atoms with Crippen LogP contribution in [0.3, 0.4) is 0 Å². The maximum absolute atomic E-state index is 4.33. The highest BCUT2D eigenvalue weighted by Gasteiger charge is 2.25. The number of hydrogen-bond donors (Lipinski definition) is 1. The fourth-order valence-electron chi connectivity index (χ4n) is 2.91. The third-order valence-electron chi connectivity index (χ3n) is 3.97. The predicted octanol–water partition coefficient (Wildman–Crippen LogP) is 0.351. The average Bonchev–Trinajstić information content (AvgIpc) is 2.49. The Hall–Kier alpha value is -1.20. The Morgan fingerprint density at radius 1 is 1.00 bits per heavy atom. The van der Waals surface area contributed by atoms with Gasteiger partial charge in [-0.3, -0.25) is 4.90 Å². The van der Waals surface area contributed by atoms with Crippen LogP contribution in [0.25, 0.3) is 0 Å². The van der Waals surface area contributed by atoms with Crippen LogP contribution in [-0.4, -0.2) is 60.2 Å². The van der Waals surface area contributed by atoms with Gasteiger partial charge in [-0.05, 0) is 32.0 Å². The molecule has 0 atom stereocenters. The molecule has 0 aromatic carbocycles. The minimum Gasteiger partial charge on any atom is -0.338 e. The minimum atomic E-state index is 0.782. The average molecular weight is 247 g/mol. The largest absolute Gasteiger partial charge is 0.338 e. The van der Waals surface area contributed by atoms with Crippen LogP contribution in [0.5, 0.6) is 0 Å². The number of nitrogens with one attached hydrogen (secondary N) is 1. The van der Waals surface area contributed by atoms with Crippen molar-refractivity contribution < 1.29 is 0 Å². The van der Waals surface area contributed by atoms with Gasteiger partial charge in [0.1, 0.15) is 0 Å². The summed E-state index contributed by atoms with van der Waals surface area (Å²) in [5.74, 6) is 0.877. The summed E-state index contributed by atoms with van der Waals surface area (Å²) in [7, 11) is 0. The standard InChI is InChI=1S/C13H21N5/c1-4-15-13(16-5-1)18-10-8-17(9-11-18)12-2-6-14-7-3-12/h1,4-5,12,14H,2-3,6-11H2. The van der Waals surface area contributed by atoms with Gasteiger partial charge in [0.15, 0.2) is 0 Å². The van der Waals surface area contributed by atoms with E-state index in [2.05, 4.69) is 25.1 Å². The molecule has 0 spiro atoms. The lowest BCUT2D eigenvalue weighted by Gasteiger charge is -2.40. The molecule has 3 heterocycles. The Kier molecular flexibility index (Phi) is 3.71. The lowest BCUT2D eigenvalue weighted by molar-refractivity contribution is 0.153. The molecule has 1 N–H and O–H groups in total. The summed E-state index contributed by atoms with van der Waals surface area (Å²) in [6, 6.07) is 2.65. The van der Waals surface area contributed by atoms with Crippen molar-refractivity contribution in [3.05, 3.63) is 18.5 Å². The second-order valence-corrected chi connectivity index (χ2v) is 5.05. The van der Waals surface area contributed by atoms with E-state index in [1.165, 1.54) is 25.9 Å². The molecule has 5 nitrogen and oxygen atoms in total. The molecule has 0 unspecified atom stereocenters. The van der Waals surface area contributed by atoms with Gasteiger partial charge < -0.3 is 10.2 Å². The Morgan fingerprint density at radius 3 is 2.33 bits per heavy atom. The fraction of sp³-hybridized carbons (Fsp3) is 0.692. The van der Waals surface area contributed by atoms with E-state index < -0.39 is 0 Å². The zero-order valence-corrected chi connectivity index (χ0v) is 10.8. The smallest absolute Gasteiger partial charge is 0.225 e. The number of anilines is 1. The first-order chi connectivity index (χ1) is 8.93. The molecular weight excluding hydrogens is 226 g/mol. The van der Waals surface area contributed by atoms with E-state index in [9.17, 15) is 0 Å². The van der Waals surface area contributed by atoms with E-state index >= 15 is 0 Å². The van der Waals surface area contributed by atoms with Crippen LogP contribution in [0.2, 0.25) is 0 Å². The van der Waals surface area contributed by atoms with Crippen molar-refractivity contribution in [3.63, 3.8) is 0 Å². The van der Waals surface area contributed by atoms with Gasteiger partial charge in [-0.2, -0.15) is 0 Å². The molecule has 0 aliphatic carbocycles. The van der Waals surface area contributed by atoms with Crippen LogP contribution in [0.4, 0.5) is 5.95 Å². The Balaban J connectivity index is 1.54. The summed E-state index contributed by atoms with van der Waals surface area (Å²) in [5.41, 5.74) is 0. The van der Waals surface area contributed by atoms with E-state index in [1.54, 1.807) is 0 Å². The number of rotatable bonds is 2. The molecule has 0 saturated carbocycles. The number of nitrogens with zero attached hydrogens (tertiary/aromatic N) is 4. The number of aromatic nitrogens is 2. The van der Waals surface area contributed by atoms with E-state index in [0.717, 1.165) is 38.2 Å². The highest BCUT2D eigenvalue weighted by Crippen LogP contribution is 2.16. The van der Waals surface area contributed by atoms with Crippen molar-refractivity contribution >= 4 is 5.95 Å². The summed E-state index contributed by atoms with van der Waals surface area (Å²) < 4.78 is 0. The van der Waals surface area contributed by atoms with Crippen molar-refractivity contribution in [2.24, 2.45) is 0 Å². The van der Waals surface area contributed by atoms with Crippen molar-refractivity contribution in [2.75, 3.05) is 44.2 Å². The molecule has 1 aromatic rings. The number of hydrogen-bond acceptors (Lipinski definition) is 5. The normalized spacial score (nSPS) is 23.2. The van der Waals surface area contributed by atoms with E-state index in [4.69, 9.17) is 0 Å². The molecule has 1 aromatic heterocycles. The van der Waals surface area contributed by atoms with Gasteiger partial charge in [-0.15, -0.1) is 0 Å². The molecule has 18 heavy (non-hydrogen) atoms. The second kappa shape index (κ2) is 5.63. The molecule has 0 amide bonds. The lowest BCUT2D eigenvalue weighted by Crippen LogP contribution is -2.53. The van der Waals surface area contributed by atoms with Crippen molar-refractivity contribution in [2.45, 2.75) is 18.9 Å². The summed E-state index contributed by atoms with van der Waals surface area (Å²) in [6.07, 6.45) is 6.23. The second-order valence-electron chi connectivity index (χ2n) is 5.05. The predicted molar refractivity (Wildman–Crippen MR) is 71.7 cm³/mol. The van der Waals surface area contributed by atoms with Crippen LogP contribution >= 0.6 is 0 Å². The molecule has 2 saturated heterocycles. The molecule has 5 heteroatoms. The summed E-state index contributed by atoms with van der Waals surface area (Å²) in [5, 5.41) is 3.43. The van der Waals surface area contributed by atoms with Crippen molar-refractivity contribution in [3.8, 4) is 0 Å². The third kappa shape index (κ3) is 2.62. The molecule has 2 fully saturated rings. The summed E-state index contributed by atoms with van der Waals surface area (Å²) in [4.78, 5) is 13.6. The zero-order valence-electron chi connectivity index (χ0n) is 10.8. The van der Waals surface area contributed by atoms with E-state index in [1.807, 2.05) is 18.5 Å². The van der Waals surface area contributed by atoms with Crippen LogP contribution in [0.15, 0.2) is 18.5 Å². The fourth-order valence-corrected chi connectivity index (χ4v) is 2.91. The molecule has 2 aliphatic rings. The molecule has 98 valence electrons. The van der Waals surface area contributed by atoms with Crippen LogP contribution in [0, 0.1) is 0 Å². The minimum absolute atomic E-state index is 0.782. The molecular formula is C13H21N5. The first kappa shape index (κ1) is 11.9. The summed E-state index contributed by atoms with van der Waals surface area (Å²) in [6.45, 7) is 6.73. The van der Waals surface area contributed by atoms with Gasteiger partial charge in [0, 0.05) is 44.6 Å². The Labute approximate surface area is 108 Å². The van der Waals surface area contributed by atoms with Gasteiger partial charge in [0.25, 0.3) is 0 Å². The lowest BCUT2D eigenvalue weighted by atomic mass is 10.0. The van der Waals surface area contributed by atoms with E-state index in [-0.39, 0.29) is 0 Å². The van der Waals surface area contributed by atoms with Crippen LogP contribution in [-0.2, 0) is 0 Å². The topological polar surface area (TPSA) is 44.3 Å². The first-order valence-electron chi connectivity index (χ1n) is 6.90. The van der Waals surface area contributed by atoms with Gasteiger partial charge >= 0.3 is 0 Å². The highest BCUT2D eigenvalue weighted by molar-refractivity contribution is 5.29. The van der Waals surface area contributed by atoms with E-state index in [0.29, 0.717) is 0 Å². The molecule has 0 bridgehead atoms. The quantitative estimate of drug-likeness (QED) is 0.817. The first-order valence-corrected chi connectivity index (χ1v) is 6.90. The molecule has 2 aliphatic heterocycles. The Bertz CT molecular complexity index is 355. The Morgan fingerprint density at radius 2 is 1.67 bits per heavy atom. The van der Waals surface area contributed by atoms with Gasteiger partial charge in [0.05, 0.1) is 0 Å². The van der Waals surface area contributed by atoms with Crippen molar-refractivity contribution in [1.82, 2.24) is 20.2 Å². The summed E-state index contributed by atoms with van der Waals surface area (Å²) >= 11 is 0. The zero-order chi connectivity index (χ0) is 12.2.